The number of nitrogens with zero attached hydrogens (tertiary/aromatic N) is 5. The monoisotopic (exact) mass is 292 g/mol. The largest absolute Gasteiger partial charge is 0.461 e. The number of aromatic nitrogens is 3. The summed E-state index contributed by atoms with van der Waals surface area (Å²) in [5, 5.41) is 11.9. The van der Waals surface area contributed by atoms with E-state index in [1.807, 2.05) is 39.5 Å². The van der Waals surface area contributed by atoms with Crippen molar-refractivity contribution >= 4 is 11.9 Å². The first-order valence-corrected chi connectivity index (χ1v) is 7.28. The number of hydrogen-bond donors (Lipinski definition) is 1. The van der Waals surface area contributed by atoms with Gasteiger partial charge in [-0.3, -0.25) is 0 Å². The van der Waals surface area contributed by atoms with Crippen LogP contribution in [0.4, 0.5) is 11.9 Å². The molecule has 0 aromatic carbocycles. The highest BCUT2D eigenvalue weighted by atomic mass is 16.5. The van der Waals surface area contributed by atoms with Crippen LogP contribution in [0.5, 0.6) is 6.01 Å². The standard InChI is InChI=1S/C14H24N6O/c1-6-16-12-17-13(19-14(18-12)21-11(4)5)20(10(2)3)9-7-8-15/h10-11H,6-7,9H2,1-5H3,(H,16,17,18,19). The van der Waals surface area contributed by atoms with Gasteiger partial charge in [-0.1, -0.05) is 0 Å². The van der Waals surface area contributed by atoms with Gasteiger partial charge in [0.1, 0.15) is 0 Å². The SMILES string of the molecule is CCNc1nc(OC(C)C)nc(N(CCC#N)C(C)C)n1. The molecule has 1 N–H and O–H groups in total. The third-order valence-corrected chi connectivity index (χ3v) is 2.62. The molecule has 0 saturated heterocycles. The summed E-state index contributed by atoms with van der Waals surface area (Å²) in [5.41, 5.74) is 0. The Morgan fingerprint density at radius 2 is 1.95 bits per heavy atom. The third-order valence-electron chi connectivity index (χ3n) is 2.62. The molecule has 0 spiro atoms. The van der Waals surface area contributed by atoms with E-state index in [-0.39, 0.29) is 12.1 Å². The Morgan fingerprint density at radius 3 is 2.48 bits per heavy atom. The van der Waals surface area contributed by atoms with Crippen molar-refractivity contribution in [3.05, 3.63) is 0 Å². The Balaban J connectivity index is 3.11. The highest BCUT2D eigenvalue weighted by Crippen LogP contribution is 2.18. The van der Waals surface area contributed by atoms with Crippen molar-refractivity contribution in [1.82, 2.24) is 15.0 Å². The van der Waals surface area contributed by atoms with E-state index in [2.05, 4.69) is 26.3 Å². The zero-order valence-electron chi connectivity index (χ0n) is 13.4. The van der Waals surface area contributed by atoms with Crippen molar-refractivity contribution in [2.75, 3.05) is 23.3 Å². The van der Waals surface area contributed by atoms with Gasteiger partial charge in [0.2, 0.25) is 11.9 Å². The predicted molar refractivity (Wildman–Crippen MR) is 82.5 cm³/mol. The zero-order chi connectivity index (χ0) is 15.8. The van der Waals surface area contributed by atoms with E-state index in [9.17, 15) is 0 Å². The molecule has 1 heterocycles. The van der Waals surface area contributed by atoms with Crippen molar-refractivity contribution in [2.24, 2.45) is 0 Å². The van der Waals surface area contributed by atoms with Gasteiger partial charge < -0.3 is 15.0 Å². The quantitative estimate of drug-likeness (QED) is 0.786. The molecule has 0 amide bonds. The van der Waals surface area contributed by atoms with Gasteiger partial charge in [-0.05, 0) is 34.6 Å². The van der Waals surface area contributed by atoms with Crippen LogP contribution in [0, 0.1) is 11.3 Å². The van der Waals surface area contributed by atoms with Gasteiger partial charge in [0, 0.05) is 19.1 Å². The van der Waals surface area contributed by atoms with Crippen LogP contribution in [0.3, 0.4) is 0 Å². The number of nitrogens with one attached hydrogen (secondary N) is 1. The molecule has 7 heteroatoms. The second-order valence-corrected chi connectivity index (χ2v) is 5.13. The van der Waals surface area contributed by atoms with E-state index >= 15 is 0 Å². The van der Waals surface area contributed by atoms with Crippen LogP contribution in [0.25, 0.3) is 0 Å². The number of ether oxygens (including phenoxy) is 1. The molecule has 0 radical (unpaired) electrons. The number of nitriles is 1. The van der Waals surface area contributed by atoms with Crippen molar-refractivity contribution in [3.8, 4) is 12.1 Å². The van der Waals surface area contributed by atoms with Crippen LogP contribution in [-0.4, -0.2) is 40.2 Å². The Morgan fingerprint density at radius 1 is 1.24 bits per heavy atom. The molecule has 116 valence electrons. The molecule has 21 heavy (non-hydrogen) atoms. The summed E-state index contributed by atoms with van der Waals surface area (Å²) in [4.78, 5) is 15.0. The minimum Gasteiger partial charge on any atom is -0.461 e. The van der Waals surface area contributed by atoms with E-state index < -0.39 is 0 Å². The summed E-state index contributed by atoms with van der Waals surface area (Å²) in [6.07, 6.45) is 0.405. The minimum absolute atomic E-state index is 0.0127. The third kappa shape index (κ3) is 5.42. The number of rotatable bonds is 8. The highest BCUT2D eigenvalue weighted by molar-refractivity contribution is 5.39. The maximum atomic E-state index is 8.79. The van der Waals surface area contributed by atoms with Crippen molar-refractivity contribution in [3.63, 3.8) is 0 Å². The molecule has 0 saturated carbocycles. The smallest absolute Gasteiger partial charge is 0.323 e. The Bertz CT molecular complexity index is 483. The van der Waals surface area contributed by atoms with Gasteiger partial charge >= 0.3 is 6.01 Å². The van der Waals surface area contributed by atoms with Gasteiger partial charge in [0.05, 0.1) is 18.6 Å². The van der Waals surface area contributed by atoms with Crippen LogP contribution in [0.2, 0.25) is 0 Å². The molecule has 1 aromatic rings. The molecule has 1 aromatic heterocycles. The second kappa shape index (κ2) is 8.25. The summed E-state index contributed by atoms with van der Waals surface area (Å²) in [6.45, 7) is 11.2. The first-order valence-electron chi connectivity index (χ1n) is 7.28. The molecule has 0 aliphatic heterocycles. The van der Waals surface area contributed by atoms with E-state index in [1.165, 1.54) is 0 Å². The van der Waals surface area contributed by atoms with Crippen molar-refractivity contribution in [2.45, 2.75) is 53.2 Å². The lowest BCUT2D eigenvalue weighted by atomic mass is 10.3. The van der Waals surface area contributed by atoms with Gasteiger partial charge in [-0.15, -0.1) is 0 Å². The van der Waals surface area contributed by atoms with Crippen molar-refractivity contribution in [1.29, 1.82) is 5.26 Å². The molecular formula is C14H24N6O. The summed E-state index contributed by atoms with van der Waals surface area (Å²) in [7, 11) is 0. The molecule has 0 atom stereocenters. The van der Waals surface area contributed by atoms with E-state index in [0.29, 0.717) is 37.4 Å². The lowest BCUT2D eigenvalue weighted by Crippen LogP contribution is -2.33. The van der Waals surface area contributed by atoms with E-state index in [4.69, 9.17) is 10.00 Å². The van der Waals surface area contributed by atoms with Gasteiger partial charge in [-0.25, -0.2) is 0 Å². The first-order chi connectivity index (χ1) is 9.97. The summed E-state index contributed by atoms with van der Waals surface area (Å²) in [5.74, 6) is 1.02. The van der Waals surface area contributed by atoms with Crippen LogP contribution < -0.4 is 15.0 Å². The number of hydrogen-bond acceptors (Lipinski definition) is 7. The van der Waals surface area contributed by atoms with Crippen LogP contribution >= 0.6 is 0 Å². The normalized spacial score (nSPS) is 10.6. The average molecular weight is 292 g/mol. The van der Waals surface area contributed by atoms with Gasteiger partial charge in [0.25, 0.3) is 0 Å². The minimum atomic E-state index is -0.0127. The molecule has 0 aliphatic rings. The Hall–Kier alpha value is -2.10. The van der Waals surface area contributed by atoms with Gasteiger partial charge in [0.15, 0.2) is 0 Å². The molecule has 0 bridgehead atoms. The fourth-order valence-corrected chi connectivity index (χ4v) is 1.73. The van der Waals surface area contributed by atoms with E-state index in [1.54, 1.807) is 0 Å². The maximum Gasteiger partial charge on any atom is 0.323 e. The van der Waals surface area contributed by atoms with Crippen LogP contribution in [-0.2, 0) is 0 Å². The highest BCUT2D eigenvalue weighted by Gasteiger charge is 2.17. The summed E-state index contributed by atoms with van der Waals surface area (Å²) < 4.78 is 5.58. The number of anilines is 2. The molecule has 7 nitrogen and oxygen atoms in total. The maximum absolute atomic E-state index is 8.79. The van der Waals surface area contributed by atoms with Crippen LogP contribution in [0.15, 0.2) is 0 Å². The second-order valence-electron chi connectivity index (χ2n) is 5.13. The van der Waals surface area contributed by atoms with Gasteiger partial charge in [-0.2, -0.15) is 20.2 Å². The van der Waals surface area contributed by atoms with Crippen LogP contribution in [0.1, 0.15) is 41.0 Å². The molecule has 0 aliphatic carbocycles. The molecule has 0 unspecified atom stereocenters. The summed E-state index contributed by atoms with van der Waals surface area (Å²) in [6, 6.07) is 2.63. The topological polar surface area (TPSA) is 87.0 Å². The average Bonchev–Trinajstić information content (AvgIpc) is 2.38. The van der Waals surface area contributed by atoms with Crippen molar-refractivity contribution < 1.29 is 4.74 Å². The zero-order valence-corrected chi connectivity index (χ0v) is 13.4. The summed E-state index contributed by atoms with van der Waals surface area (Å²) >= 11 is 0. The fraction of sp³-hybridized carbons (Fsp3) is 0.714. The molecular weight excluding hydrogens is 268 g/mol. The van der Waals surface area contributed by atoms with E-state index in [0.717, 1.165) is 0 Å². The Labute approximate surface area is 126 Å². The lowest BCUT2D eigenvalue weighted by molar-refractivity contribution is 0.222. The predicted octanol–water partition coefficient (Wildman–Crippen LogP) is 2.22. The first kappa shape index (κ1) is 17.0. The molecule has 1 rings (SSSR count). The fourth-order valence-electron chi connectivity index (χ4n) is 1.73. The lowest BCUT2D eigenvalue weighted by Gasteiger charge is -2.26. The molecule has 0 fully saturated rings. The Kier molecular flexibility index (Phi) is 6.66.